The number of hydrogen-bond acceptors (Lipinski definition) is 3. The standard InChI is InChI=1S/C15H17BrClN3/c1-4-10-6-5-7-18-13(10)15-19-11(8-9(2)3)12(16)14(17)20-15/h5-7,9H,4,8H2,1-3H3. The van der Waals surface area contributed by atoms with E-state index in [2.05, 4.69) is 51.7 Å². The van der Waals surface area contributed by atoms with E-state index in [0.29, 0.717) is 16.9 Å². The molecule has 0 saturated heterocycles. The van der Waals surface area contributed by atoms with Crippen LogP contribution >= 0.6 is 27.5 Å². The first kappa shape index (κ1) is 15.4. The van der Waals surface area contributed by atoms with Gasteiger partial charge in [-0.1, -0.05) is 38.4 Å². The van der Waals surface area contributed by atoms with E-state index in [9.17, 15) is 0 Å². The molecule has 106 valence electrons. The smallest absolute Gasteiger partial charge is 0.180 e. The number of aromatic nitrogens is 3. The Balaban J connectivity index is 2.54. The molecule has 0 aromatic carbocycles. The van der Waals surface area contributed by atoms with Crippen molar-refractivity contribution in [2.45, 2.75) is 33.6 Å². The van der Waals surface area contributed by atoms with Crippen LogP contribution in [0.15, 0.2) is 22.8 Å². The molecule has 0 atom stereocenters. The van der Waals surface area contributed by atoms with E-state index < -0.39 is 0 Å². The molecule has 0 aliphatic heterocycles. The van der Waals surface area contributed by atoms with Gasteiger partial charge in [0.2, 0.25) is 0 Å². The van der Waals surface area contributed by atoms with Crippen LogP contribution in [-0.2, 0) is 12.8 Å². The number of pyridine rings is 1. The van der Waals surface area contributed by atoms with Crippen LogP contribution in [0.25, 0.3) is 11.5 Å². The molecule has 0 aliphatic rings. The number of aryl methyl sites for hydroxylation is 1. The molecule has 3 nitrogen and oxygen atoms in total. The first-order valence-electron chi connectivity index (χ1n) is 6.69. The third kappa shape index (κ3) is 3.36. The minimum atomic E-state index is 0.443. The molecule has 0 unspecified atom stereocenters. The molecule has 2 heterocycles. The Morgan fingerprint density at radius 1 is 1.30 bits per heavy atom. The number of halogens is 2. The monoisotopic (exact) mass is 353 g/mol. The Hall–Kier alpha value is -1.00. The van der Waals surface area contributed by atoms with Crippen molar-refractivity contribution in [1.29, 1.82) is 0 Å². The van der Waals surface area contributed by atoms with Crippen LogP contribution in [0.4, 0.5) is 0 Å². The zero-order valence-electron chi connectivity index (χ0n) is 11.8. The maximum atomic E-state index is 6.22. The maximum absolute atomic E-state index is 6.22. The van der Waals surface area contributed by atoms with Crippen molar-refractivity contribution >= 4 is 27.5 Å². The summed E-state index contributed by atoms with van der Waals surface area (Å²) in [5.74, 6) is 1.10. The predicted octanol–water partition coefficient (Wildman–Crippen LogP) is 4.72. The molecule has 0 amide bonds. The van der Waals surface area contributed by atoms with Gasteiger partial charge in [-0.15, -0.1) is 0 Å². The van der Waals surface area contributed by atoms with Gasteiger partial charge in [0.25, 0.3) is 0 Å². The summed E-state index contributed by atoms with van der Waals surface area (Å²) in [5.41, 5.74) is 2.87. The van der Waals surface area contributed by atoms with Gasteiger partial charge >= 0.3 is 0 Å². The van der Waals surface area contributed by atoms with E-state index in [0.717, 1.165) is 34.3 Å². The molecule has 5 heteroatoms. The van der Waals surface area contributed by atoms with Crippen molar-refractivity contribution in [3.63, 3.8) is 0 Å². The molecule has 20 heavy (non-hydrogen) atoms. The minimum absolute atomic E-state index is 0.443. The van der Waals surface area contributed by atoms with Gasteiger partial charge in [-0.05, 0) is 46.3 Å². The molecule has 0 bridgehead atoms. The van der Waals surface area contributed by atoms with Crippen molar-refractivity contribution in [3.8, 4) is 11.5 Å². The lowest BCUT2D eigenvalue weighted by Gasteiger charge is -2.11. The van der Waals surface area contributed by atoms with Crippen LogP contribution in [0, 0.1) is 5.92 Å². The van der Waals surface area contributed by atoms with E-state index in [4.69, 9.17) is 11.6 Å². The van der Waals surface area contributed by atoms with Gasteiger partial charge in [-0.2, -0.15) is 0 Å². The molecule has 2 rings (SSSR count). The SMILES string of the molecule is CCc1cccnc1-c1nc(Cl)c(Br)c(CC(C)C)n1. The minimum Gasteiger partial charge on any atom is -0.253 e. The third-order valence-electron chi connectivity index (χ3n) is 2.96. The molecule has 2 aromatic heterocycles. The van der Waals surface area contributed by atoms with E-state index in [-0.39, 0.29) is 0 Å². The van der Waals surface area contributed by atoms with Gasteiger partial charge in [0.15, 0.2) is 5.82 Å². The summed E-state index contributed by atoms with van der Waals surface area (Å²) >= 11 is 9.70. The highest BCUT2D eigenvalue weighted by atomic mass is 79.9. The third-order valence-corrected chi connectivity index (χ3v) is 4.30. The second kappa shape index (κ2) is 6.64. The lowest BCUT2D eigenvalue weighted by Crippen LogP contribution is -2.04. The van der Waals surface area contributed by atoms with Crippen LogP contribution in [0.2, 0.25) is 5.15 Å². The highest BCUT2D eigenvalue weighted by molar-refractivity contribution is 9.10. The molecule has 0 radical (unpaired) electrons. The molecule has 0 spiro atoms. The molecular weight excluding hydrogens is 338 g/mol. The largest absolute Gasteiger partial charge is 0.253 e. The molecule has 0 fully saturated rings. The van der Waals surface area contributed by atoms with Crippen LogP contribution in [0.3, 0.4) is 0 Å². The fourth-order valence-electron chi connectivity index (χ4n) is 2.02. The van der Waals surface area contributed by atoms with E-state index >= 15 is 0 Å². The Labute approximate surface area is 133 Å². The topological polar surface area (TPSA) is 38.7 Å². The number of rotatable bonds is 4. The average molecular weight is 355 g/mol. The molecule has 0 aliphatic carbocycles. The summed E-state index contributed by atoms with van der Waals surface area (Å²) < 4.78 is 0.783. The second-order valence-corrected chi connectivity index (χ2v) is 6.21. The van der Waals surface area contributed by atoms with Crippen LogP contribution in [0.5, 0.6) is 0 Å². The Bertz CT molecular complexity index is 614. The highest BCUT2D eigenvalue weighted by Crippen LogP contribution is 2.29. The summed E-state index contributed by atoms with van der Waals surface area (Å²) in [6.45, 7) is 6.40. The summed E-state index contributed by atoms with van der Waals surface area (Å²) in [4.78, 5) is 13.4. The van der Waals surface area contributed by atoms with Crippen molar-refractivity contribution in [3.05, 3.63) is 39.2 Å². The van der Waals surface area contributed by atoms with E-state index in [1.54, 1.807) is 6.20 Å². The Morgan fingerprint density at radius 2 is 2.05 bits per heavy atom. The van der Waals surface area contributed by atoms with Crippen LogP contribution < -0.4 is 0 Å². The number of hydrogen-bond donors (Lipinski definition) is 0. The highest BCUT2D eigenvalue weighted by Gasteiger charge is 2.15. The second-order valence-electron chi connectivity index (χ2n) is 5.06. The summed E-state index contributed by atoms with van der Waals surface area (Å²) in [6, 6.07) is 3.97. The quantitative estimate of drug-likeness (QED) is 0.746. The van der Waals surface area contributed by atoms with Gasteiger partial charge in [-0.3, -0.25) is 4.98 Å². The van der Waals surface area contributed by atoms with Crippen molar-refractivity contribution in [2.75, 3.05) is 0 Å². The predicted molar refractivity (Wildman–Crippen MR) is 85.9 cm³/mol. The first-order chi connectivity index (χ1) is 9.52. The van der Waals surface area contributed by atoms with Crippen LogP contribution in [-0.4, -0.2) is 15.0 Å². The maximum Gasteiger partial charge on any atom is 0.180 e. The van der Waals surface area contributed by atoms with Gasteiger partial charge in [0.1, 0.15) is 10.8 Å². The summed E-state index contributed by atoms with van der Waals surface area (Å²) in [7, 11) is 0. The average Bonchev–Trinajstić information content (AvgIpc) is 2.43. The number of nitrogens with zero attached hydrogens (tertiary/aromatic N) is 3. The zero-order chi connectivity index (χ0) is 14.7. The zero-order valence-corrected chi connectivity index (χ0v) is 14.2. The Kier molecular flexibility index (Phi) is 5.11. The fourth-order valence-corrected chi connectivity index (χ4v) is 2.54. The lowest BCUT2D eigenvalue weighted by atomic mass is 10.1. The lowest BCUT2D eigenvalue weighted by molar-refractivity contribution is 0.632. The van der Waals surface area contributed by atoms with E-state index in [1.165, 1.54) is 0 Å². The van der Waals surface area contributed by atoms with E-state index in [1.807, 2.05) is 12.1 Å². The van der Waals surface area contributed by atoms with Crippen molar-refractivity contribution in [2.24, 2.45) is 5.92 Å². The molecular formula is C15H17BrClN3. The molecule has 0 N–H and O–H groups in total. The molecule has 0 saturated carbocycles. The van der Waals surface area contributed by atoms with Gasteiger partial charge in [0, 0.05) is 6.20 Å². The molecule has 2 aromatic rings. The van der Waals surface area contributed by atoms with Crippen molar-refractivity contribution in [1.82, 2.24) is 15.0 Å². The summed E-state index contributed by atoms with van der Waals surface area (Å²) in [6.07, 6.45) is 3.50. The summed E-state index contributed by atoms with van der Waals surface area (Å²) in [5, 5.41) is 0.443. The first-order valence-corrected chi connectivity index (χ1v) is 7.86. The normalized spacial score (nSPS) is 11.1. The van der Waals surface area contributed by atoms with Crippen LogP contribution in [0.1, 0.15) is 32.0 Å². The van der Waals surface area contributed by atoms with Gasteiger partial charge in [0.05, 0.1) is 10.2 Å². The van der Waals surface area contributed by atoms with Gasteiger partial charge < -0.3 is 0 Å². The van der Waals surface area contributed by atoms with Gasteiger partial charge in [-0.25, -0.2) is 9.97 Å². The Morgan fingerprint density at radius 3 is 2.70 bits per heavy atom. The van der Waals surface area contributed by atoms with Crippen molar-refractivity contribution < 1.29 is 0 Å². The fraction of sp³-hybridized carbons (Fsp3) is 0.400.